The summed E-state index contributed by atoms with van der Waals surface area (Å²) >= 11 is 1.06. The summed E-state index contributed by atoms with van der Waals surface area (Å²) in [6.07, 6.45) is 0. The van der Waals surface area contributed by atoms with E-state index in [4.69, 9.17) is 9.47 Å². The van der Waals surface area contributed by atoms with Crippen LogP contribution in [0.5, 0.6) is 0 Å². The Morgan fingerprint density at radius 2 is 2.00 bits per heavy atom. The van der Waals surface area contributed by atoms with Crippen molar-refractivity contribution in [2.45, 2.75) is 19.6 Å². The van der Waals surface area contributed by atoms with E-state index in [1.807, 2.05) is 0 Å². The molecule has 0 spiro atoms. The SMILES string of the molecule is CCOC(=O)c1ccc(COC(=O)C2CSC(=O)N2)cc1. The average molecular weight is 309 g/mol. The molecule has 0 bridgehead atoms. The molecule has 21 heavy (non-hydrogen) atoms. The zero-order chi connectivity index (χ0) is 15.2. The molecule has 112 valence electrons. The number of nitrogens with one attached hydrogen (secondary N) is 1. The molecule has 0 aromatic heterocycles. The van der Waals surface area contributed by atoms with Gasteiger partial charge in [0.15, 0.2) is 0 Å². The second-order valence-electron chi connectivity index (χ2n) is 4.32. The third-order valence-corrected chi connectivity index (χ3v) is 3.68. The van der Waals surface area contributed by atoms with E-state index in [1.54, 1.807) is 31.2 Å². The van der Waals surface area contributed by atoms with E-state index in [0.29, 0.717) is 17.9 Å². The van der Waals surface area contributed by atoms with E-state index in [0.717, 1.165) is 17.3 Å². The minimum Gasteiger partial charge on any atom is -0.462 e. The summed E-state index contributed by atoms with van der Waals surface area (Å²) in [5, 5.41) is 2.30. The molecule has 0 saturated carbocycles. The fourth-order valence-electron chi connectivity index (χ4n) is 1.72. The fraction of sp³-hybridized carbons (Fsp3) is 0.357. The average Bonchev–Trinajstić information content (AvgIpc) is 2.92. The van der Waals surface area contributed by atoms with Gasteiger partial charge < -0.3 is 14.8 Å². The van der Waals surface area contributed by atoms with E-state index in [2.05, 4.69) is 5.32 Å². The lowest BCUT2D eigenvalue weighted by Gasteiger charge is -2.09. The minimum absolute atomic E-state index is 0.0962. The van der Waals surface area contributed by atoms with Gasteiger partial charge in [0.1, 0.15) is 12.6 Å². The van der Waals surface area contributed by atoms with Crippen LogP contribution >= 0.6 is 11.8 Å². The Morgan fingerprint density at radius 3 is 2.57 bits per heavy atom. The molecule has 2 rings (SSSR count). The van der Waals surface area contributed by atoms with Crippen molar-refractivity contribution in [2.75, 3.05) is 12.4 Å². The lowest BCUT2D eigenvalue weighted by Crippen LogP contribution is -2.35. The maximum Gasteiger partial charge on any atom is 0.338 e. The van der Waals surface area contributed by atoms with Crippen LogP contribution in [0, 0.1) is 0 Å². The molecule has 0 radical (unpaired) electrons. The van der Waals surface area contributed by atoms with Crippen LogP contribution in [0.3, 0.4) is 0 Å². The summed E-state index contributed by atoms with van der Waals surface area (Å²) in [4.78, 5) is 34.2. The number of benzene rings is 1. The van der Waals surface area contributed by atoms with Gasteiger partial charge in [0.2, 0.25) is 0 Å². The number of carbonyl (C=O) groups is 3. The van der Waals surface area contributed by atoms with Crippen LogP contribution in [0.2, 0.25) is 0 Å². The van der Waals surface area contributed by atoms with Crippen LogP contribution in [-0.2, 0) is 20.9 Å². The van der Waals surface area contributed by atoms with E-state index < -0.39 is 12.0 Å². The van der Waals surface area contributed by atoms with Gasteiger partial charge in [-0.25, -0.2) is 9.59 Å². The number of rotatable bonds is 5. The number of thioether (sulfide) groups is 1. The second kappa shape index (κ2) is 7.12. The molecule has 1 aliphatic rings. The number of esters is 2. The first-order valence-electron chi connectivity index (χ1n) is 6.46. The number of hydrogen-bond acceptors (Lipinski definition) is 6. The topological polar surface area (TPSA) is 81.7 Å². The highest BCUT2D eigenvalue weighted by atomic mass is 32.2. The van der Waals surface area contributed by atoms with E-state index in [-0.39, 0.29) is 17.8 Å². The smallest absolute Gasteiger partial charge is 0.338 e. The summed E-state index contributed by atoms with van der Waals surface area (Å²) < 4.78 is 10.0. The quantitative estimate of drug-likeness (QED) is 0.834. The highest BCUT2D eigenvalue weighted by Gasteiger charge is 2.29. The normalized spacial score (nSPS) is 17.2. The van der Waals surface area contributed by atoms with Crippen molar-refractivity contribution >= 4 is 28.9 Å². The van der Waals surface area contributed by atoms with Gasteiger partial charge in [0.05, 0.1) is 12.2 Å². The molecule has 1 heterocycles. The number of ether oxygens (including phenoxy) is 2. The van der Waals surface area contributed by atoms with Gasteiger partial charge in [0, 0.05) is 5.75 Å². The van der Waals surface area contributed by atoms with Crippen LogP contribution < -0.4 is 5.32 Å². The monoisotopic (exact) mass is 309 g/mol. The maximum absolute atomic E-state index is 11.7. The first kappa shape index (κ1) is 15.4. The lowest BCUT2D eigenvalue weighted by molar-refractivity contribution is -0.146. The molecule has 1 amide bonds. The Kier molecular flexibility index (Phi) is 5.21. The van der Waals surface area contributed by atoms with Crippen molar-refractivity contribution < 1.29 is 23.9 Å². The Morgan fingerprint density at radius 1 is 1.29 bits per heavy atom. The van der Waals surface area contributed by atoms with Gasteiger partial charge in [-0.2, -0.15) is 0 Å². The van der Waals surface area contributed by atoms with Crippen LogP contribution in [0.1, 0.15) is 22.8 Å². The van der Waals surface area contributed by atoms with Gasteiger partial charge in [-0.05, 0) is 24.6 Å². The van der Waals surface area contributed by atoms with Crippen molar-refractivity contribution in [1.82, 2.24) is 5.32 Å². The molecule has 0 aliphatic carbocycles. The molecular weight excluding hydrogens is 294 g/mol. The maximum atomic E-state index is 11.7. The number of carbonyl (C=O) groups excluding carboxylic acids is 3. The van der Waals surface area contributed by atoms with Gasteiger partial charge in [-0.1, -0.05) is 23.9 Å². The zero-order valence-electron chi connectivity index (χ0n) is 11.5. The van der Waals surface area contributed by atoms with E-state index in [1.165, 1.54) is 0 Å². The predicted molar refractivity (Wildman–Crippen MR) is 77.0 cm³/mol. The molecule has 6 nitrogen and oxygen atoms in total. The third kappa shape index (κ3) is 4.22. The van der Waals surface area contributed by atoms with Gasteiger partial charge in [-0.15, -0.1) is 0 Å². The Bertz CT molecular complexity index is 543. The third-order valence-electron chi connectivity index (χ3n) is 2.80. The van der Waals surface area contributed by atoms with Gasteiger partial charge in [0.25, 0.3) is 5.24 Å². The van der Waals surface area contributed by atoms with Crippen LogP contribution in [0.4, 0.5) is 4.79 Å². The summed E-state index contributed by atoms with van der Waals surface area (Å²) in [5.74, 6) is -0.450. The summed E-state index contributed by atoms with van der Waals surface area (Å²) in [7, 11) is 0. The van der Waals surface area contributed by atoms with Crippen molar-refractivity contribution in [3.05, 3.63) is 35.4 Å². The van der Waals surface area contributed by atoms with Gasteiger partial charge in [-0.3, -0.25) is 4.79 Å². The Balaban J connectivity index is 1.84. The Hall–Kier alpha value is -2.02. The van der Waals surface area contributed by atoms with Gasteiger partial charge >= 0.3 is 11.9 Å². The summed E-state index contributed by atoms with van der Waals surface area (Å²) in [5.41, 5.74) is 1.21. The predicted octanol–water partition coefficient (Wildman–Crippen LogP) is 1.73. The number of amides is 1. The largest absolute Gasteiger partial charge is 0.462 e. The highest BCUT2D eigenvalue weighted by molar-refractivity contribution is 8.14. The summed E-state index contributed by atoms with van der Waals surface area (Å²) in [6, 6.07) is 6.05. The molecule has 1 N–H and O–H groups in total. The molecule has 1 unspecified atom stereocenters. The van der Waals surface area contributed by atoms with Crippen LogP contribution in [0.25, 0.3) is 0 Å². The molecule has 1 atom stereocenters. The molecule has 1 fully saturated rings. The van der Waals surface area contributed by atoms with Crippen LogP contribution in [0.15, 0.2) is 24.3 Å². The molecule has 1 aromatic carbocycles. The molecular formula is C14H15NO5S. The second-order valence-corrected chi connectivity index (χ2v) is 5.31. The highest BCUT2D eigenvalue weighted by Crippen LogP contribution is 2.15. The molecule has 1 aliphatic heterocycles. The first-order chi connectivity index (χ1) is 10.1. The van der Waals surface area contributed by atoms with E-state index >= 15 is 0 Å². The zero-order valence-corrected chi connectivity index (χ0v) is 12.3. The Labute approximate surface area is 126 Å². The van der Waals surface area contributed by atoms with Crippen molar-refractivity contribution in [3.63, 3.8) is 0 Å². The minimum atomic E-state index is -0.582. The first-order valence-corrected chi connectivity index (χ1v) is 7.44. The molecule has 7 heteroatoms. The summed E-state index contributed by atoms with van der Waals surface area (Å²) in [6.45, 7) is 2.16. The fourth-order valence-corrected chi connectivity index (χ4v) is 2.48. The van der Waals surface area contributed by atoms with E-state index in [9.17, 15) is 14.4 Å². The van der Waals surface area contributed by atoms with Crippen LogP contribution in [-0.4, -0.2) is 35.6 Å². The molecule has 1 aromatic rings. The lowest BCUT2D eigenvalue weighted by atomic mass is 10.1. The van der Waals surface area contributed by atoms with Crippen molar-refractivity contribution in [3.8, 4) is 0 Å². The van der Waals surface area contributed by atoms with Crippen molar-refractivity contribution in [2.24, 2.45) is 0 Å². The van der Waals surface area contributed by atoms with Crippen molar-refractivity contribution in [1.29, 1.82) is 0 Å². The molecule has 1 saturated heterocycles. The standard InChI is InChI=1S/C14H15NO5S/c1-2-19-12(16)10-5-3-9(4-6-10)7-20-13(17)11-8-21-14(18)15-11/h3-6,11H,2,7-8H2,1H3,(H,15,18). The number of hydrogen-bond donors (Lipinski definition) is 1.